The second kappa shape index (κ2) is 5.22. The van der Waals surface area contributed by atoms with Gasteiger partial charge in [-0.25, -0.2) is 0 Å². The van der Waals surface area contributed by atoms with Crippen molar-refractivity contribution in [1.82, 2.24) is 4.90 Å². The van der Waals surface area contributed by atoms with Crippen molar-refractivity contribution in [2.45, 2.75) is 44.1 Å². The van der Waals surface area contributed by atoms with Crippen molar-refractivity contribution >= 4 is 28.8 Å². The fourth-order valence-electron chi connectivity index (χ4n) is 3.23. The van der Waals surface area contributed by atoms with Gasteiger partial charge in [-0.1, -0.05) is 0 Å². The van der Waals surface area contributed by atoms with Crippen molar-refractivity contribution < 1.29 is 4.79 Å². The summed E-state index contributed by atoms with van der Waals surface area (Å²) >= 11 is 7.77. The van der Waals surface area contributed by atoms with E-state index in [4.69, 9.17) is 11.6 Å². The smallest absolute Gasteiger partial charge is 0.230 e. The number of carbonyl (C=O) groups excluding carboxylic acids is 1. The molecule has 2 heterocycles. The van der Waals surface area contributed by atoms with Crippen LogP contribution in [0.3, 0.4) is 0 Å². The summed E-state index contributed by atoms with van der Waals surface area (Å²) in [4.78, 5) is 16.2. The van der Waals surface area contributed by atoms with Crippen LogP contribution in [0.1, 0.15) is 42.0 Å². The van der Waals surface area contributed by atoms with E-state index in [-0.39, 0.29) is 12.0 Å². The Morgan fingerprint density at radius 3 is 3.17 bits per heavy atom. The first-order chi connectivity index (χ1) is 8.81. The van der Waals surface area contributed by atoms with Crippen LogP contribution in [0.2, 0.25) is 0 Å². The number of hydrogen-bond donors (Lipinski definition) is 0. The first-order valence-electron chi connectivity index (χ1n) is 6.74. The van der Waals surface area contributed by atoms with E-state index >= 15 is 0 Å². The molecule has 4 heteroatoms. The van der Waals surface area contributed by atoms with Crippen LogP contribution in [0.4, 0.5) is 0 Å². The van der Waals surface area contributed by atoms with Crippen LogP contribution in [0.25, 0.3) is 0 Å². The summed E-state index contributed by atoms with van der Waals surface area (Å²) in [6.45, 7) is 0.895. The maximum absolute atomic E-state index is 12.7. The molecule has 2 nitrogen and oxygen atoms in total. The summed E-state index contributed by atoms with van der Waals surface area (Å²) < 4.78 is 0. The molecule has 1 saturated heterocycles. The molecule has 0 saturated carbocycles. The van der Waals surface area contributed by atoms with E-state index in [0.29, 0.717) is 11.8 Å². The SMILES string of the molecule is O=C(C1CCCc2sccc21)N1CCCC1CCl. The Bertz CT molecular complexity index is 445. The van der Waals surface area contributed by atoms with Gasteiger partial charge in [0.15, 0.2) is 0 Å². The van der Waals surface area contributed by atoms with Crippen molar-refractivity contribution in [3.05, 3.63) is 21.9 Å². The van der Waals surface area contributed by atoms with Crippen molar-refractivity contribution in [3.8, 4) is 0 Å². The highest BCUT2D eigenvalue weighted by Gasteiger charge is 2.35. The Morgan fingerprint density at radius 2 is 2.33 bits per heavy atom. The fraction of sp³-hybridized carbons (Fsp3) is 0.643. The van der Waals surface area contributed by atoms with Gasteiger partial charge >= 0.3 is 0 Å². The average Bonchev–Trinajstić information content (AvgIpc) is 3.05. The molecular weight excluding hydrogens is 266 g/mol. The normalized spacial score (nSPS) is 27.3. The minimum atomic E-state index is 0.101. The summed E-state index contributed by atoms with van der Waals surface area (Å²) in [5, 5.41) is 2.12. The highest BCUT2D eigenvalue weighted by atomic mass is 35.5. The van der Waals surface area contributed by atoms with E-state index in [0.717, 1.165) is 38.6 Å². The van der Waals surface area contributed by atoms with Gasteiger partial charge in [0.2, 0.25) is 5.91 Å². The lowest BCUT2D eigenvalue weighted by Gasteiger charge is -2.30. The number of likely N-dealkylation sites (tertiary alicyclic amines) is 1. The number of alkyl halides is 1. The van der Waals surface area contributed by atoms with Crippen molar-refractivity contribution in [2.75, 3.05) is 12.4 Å². The topological polar surface area (TPSA) is 20.3 Å². The van der Waals surface area contributed by atoms with Crippen LogP contribution in [0, 0.1) is 0 Å². The number of aryl methyl sites for hydroxylation is 1. The van der Waals surface area contributed by atoms with Crippen LogP contribution in [0.15, 0.2) is 11.4 Å². The molecule has 0 aromatic carbocycles. The maximum Gasteiger partial charge on any atom is 0.230 e. The predicted octanol–water partition coefficient (Wildman–Crippen LogP) is 3.40. The number of thiophene rings is 1. The fourth-order valence-corrected chi connectivity index (χ4v) is 4.54. The molecule has 1 fully saturated rings. The van der Waals surface area contributed by atoms with Gasteiger partial charge in [0.1, 0.15) is 0 Å². The van der Waals surface area contributed by atoms with Crippen molar-refractivity contribution in [2.24, 2.45) is 0 Å². The lowest BCUT2D eigenvalue weighted by molar-refractivity contribution is -0.133. The second-order valence-corrected chi connectivity index (χ2v) is 6.54. The third-order valence-electron chi connectivity index (χ3n) is 4.19. The minimum Gasteiger partial charge on any atom is -0.338 e. The van der Waals surface area contributed by atoms with Crippen LogP contribution in [-0.2, 0) is 11.2 Å². The molecule has 98 valence electrons. The van der Waals surface area contributed by atoms with E-state index in [9.17, 15) is 4.79 Å². The molecule has 1 aliphatic carbocycles. The van der Waals surface area contributed by atoms with Gasteiger partial charge in [0.25, 0.3) is 0 Å². The Balaban J connectivity index is 1.82. The number of nitrogens with zero attached hydrogens (tertiary/aromatic N) is 1. The molecule has 3 rings (SSSR count). The third kappa shape index (κ3) is 2.08. The number of amides is 1. The van der Waals surface area contributed by atoms with E-state index in [1.54, 1.807) is 11.3 Å². The van der Waals surface area contributed by atoms with Gasteiger partial charge in [0, 0.05) is 23.3 Å². The van der Waals surface area contributed by atoms with Gasteiger partial charge < -0.3 is 4.90 Å². The lowest BCUT2D eigenvalue weighted by atomic mass is 9.86. The summed E-state index contributed by atoms with van der Waals surface area (Å²) in [7, 11) is 0. The zero-order valence-electron chi connectivity index (χ0n) is 10.4. The van der Waals surface area contributed by atoms with Crippen molar-refractivity contribution in [3.63, 3.8) is 0 Å². The molecule has 2 unspecified atom stereocenters. The number of carbonyl (C=O) groups is 1. The summed E-state index contributed by atoms with van der Waals surface area (Å²) in [5.74, 6) is 0.996. The highest BCUT2D eigenvalue weighted by molar-refractivity contribution is 7.10. The predicted molar refractivity (Wildman–Crippen MR) is 75.5 cm³/mol. The summed E-state index contributed by atoms with van der Waals surface area (Å²) in [6.07, 6.45) is 5.47. The molecular formula is C14H18ClNOS. The van der Waals surface area contributed by atoms with E-state index in [1.165, 1.54) is 10.4 Å². The standard InChI is InChI=1S/C14H18ClNOS/c15-9-10-3-2-7-16(10)14(17)12-4-1-5-13-11(12)6-8-18-13/h6,8,10,12H,1-5,7,9H2. The minimum absolute atomic E-state index is 0.101. The second-order valence-electron chi connectivity index (χ2n) is 5.23. The maximum atomic E-state index is 12.7. The zero-order valence-corrected chi connectivity index (χ0v) is 12.0. The molecule has 1 aromatic rings. The lowest BCUT2D eigenvalue weighted by Crippen LogP contribution is -2.40. The molecule has 1 aromatic heterocycles. The van der Waals surface area contributed by atoms with Crippen LogP contribution < -0.4 is 0 Å². The van der Waals surface area contributed by atoms with Gasteiger partial charge in [-0.15, -0.1) is 22.9 Å². The summed E-state index contributed by atoms with van der Waals surface area (Å²) in [5.41, 5.74) is 1.29. The van der Waals surface area contributed by atoms with Gasteiger partial charge in [-0.05, 0) is 49.1 Å². The van der Waals surface area contributed by atoms with Gasteiger partial charge in [0.05, 0.1) is 5.92 Å². The first kappa shape index (κ1) is 12.5. The van der Waals surface area contributed by atoms with Crippen LogP contribution in [-0.4, -0.2) is 29.3 Å². The number of halogens is 1. The molecule has 0 spiro atoms. The molecule has 0 bridgehead atoms. The zero-order chi connectivity index (χ0) is 12.5. The van der Waals surface area contributed by atoms with Gasteiger partial charge in [-0.3, -0.25) is 4.79 Å². The number of fused-ring (bicyclic) bond motifs is 1. The van der Waals surface area contributed by atoms with Crippen LogP contribution in [0.5, 0.6) is 0 Å². The Labute approximate surface area is 117 Å². The molecule has 2 atom stereocenters. The number of rotatable bonds is 2. The van der Waals surface area contributed by atoms with Crippen LogP contribution >= 0.6 is 22.9 Å². The first-order valence-corrected chi connectivity index (χ1v) is 8.15. The Morgan fingerprint density at radius 1 is 1.44 bits per heavy atom. The Hall–Kier alpha value is -0.540. The van der Waals surface area contributed by atoms with Gasteiger partial charge in [-0.2, -0.15) is 0 Å². The quantitative estimate of drug-likeness (QED) is 0.762. The molecule has 2 aliphatic rings. The molecule has 1 amide bonds. The number of hydrogen-bond acceptors (Lipinski definition) is 2. The summed E-state index contributed by atoms with van der Waals surface area (Å²) in [6, 6.07) is 2.41. The molecule has 18 heavy (non-hydrogen) atoms. The monoisotopic (exact) mass is 283 g/mol. The average molecular weight is 284 g/mol. The van der Waals surface area contributed by atoms with E-state index in [1.807, 2.05) is 4.90 Å². The van der Waals surface area contributed by atoms with E-state index in [2.05, 4.69) is 11.4 Å². The Kier molecular flexibility index (Phi) is 3.62. The largest absolute Gasteiger partial charge is 0.338 e. The molecule has 0 N–H and O–H groups in total. The third-order valence-corrected chi connectivity index (χ3v) is 5.54. The van der Waals surface area contributed by atoms with E-state index < -0.39 is 0 Å². The molecule has 0 radical (unpaired) electrons. The molecule has 1 aliphatic heterocycles. The van der Waals surface area contributed by atoms with Crippen molar-refractivity contribution in [1.29, 1.82) is 0 Å². The highest BCUT2D eigenvalue weighted by Crippen LogP contribution is 2.37.